The van der Waals surface area contributed by atoms with Crippen LogP contribution < -0.4 is 0 Å². The summed E-state index contributed by atoms with van der Waals surface area (Å²) in [5, 5.41) is 15.9. The van der Waals surface area contributed by atoms with Crippen LogP contribution in [0.4, 0.5) is 0 Å². The fraction of sp³-hybridized carbons (Fsp3) is 0.176. The summed E-state index contributed by atoms with van der Waals surface area (Å²) >= 11 is 0. The van der Waals surface area contributed by atoms with Gasteiger partial charge in [-0.05, 0) is 53.0 Å². The molecule has 194 valence electrons. The maximum Gasteiger partial charge on any atom is 0.0975 e. The molecule has 0 spiro atoms. The Morgan fingerprint density at radius 2 is 1.36 bits per heavy atom. The second kappa shape index (κ2) is 11.2. The van der Waals surface area contributed by atoms with Crippen molar-refractivity contribution in [3.8, 4) is 0 Å². The van der Waals surface area contributed by atoms with Crippen LogP contribution in [-0.4, -0.2) is 44.0 Å². The van der Waals surface area contributed by atoms with Gasteiger partial charge < -0.3 is 5.11 Å². The Morgan fingerprint density at radius 1 is 0.769 bits per heavy atom. The molecule has 5 aromatic rings. The van der Waals surface area contributed by atoms with Crippen LogP contribution in [0.3, 0.4) is 0 Å². The minimum Gasteiger partial charge on any atom is -0.389 e. The molecule has 1 atom stereocenters. The van der Waals surface area contributed by atoms with Gasteiger partial charge in [0.1, 0.15) is 0 Å². The summed E-state index contributed by atoms with van der Waals surface area (Å²) in [5.74, 6) is 0. The molecule has 3 aromatic carbocycles. The number of hydrogen-bond donors (Lipinski definition) is 1. The molecular formula is C34H32N4O. The van der Waals surface area contributed by atoms with E-state index >= 15 is 0 Å². The van der Waals surface area contributed by atoms with Crippen molar-refractivity contribution in [1.82, 2.24) is 19.7 Å². The molecule has 3 heterocycles. The molecular weight excluding hydrogens is 480 g/mol. The maximum atomic E-state index is 11.1. The van der Waals surface area contributed by atoms with Crippen LogP contribution in [0.2, 0.25) is 0 Å². The lowest BCUT2D eigenvalue weighted by Gasteiger charge is -2.48. The molecule has 1 unspecified atom stereocenters. The highest BCUT2D eigenvalue weighted by Crippen LogP contribution is 2.44. The van der Waals surface area contributed by atoms with Crippen LogP contribution in [-0.2, 0) is 12.1 Å². The van der Waals surface area contributed by atoms with E-state index in [4.69, 9.17) is 5.10 Å². The van der Waals surface area contributed by atoms with Gasteiger partial charge in [-0.15, -0.1) is 0 Å². The summed E-state index contributed by atoms with van der Waals surface area (Å²) < 4.78 is 1.89. The Balaban J connectivity index is 1.40. The van der Waals surface area contributed by atoms with Crippen molar-refractivity contribution in [2.75, 3.05) is 13.1 Å². The lowest BCUT2D eigenvalue weighted by atomic mass is 9.74. The molecule has 6 rings (SSSR count). The molecule has 39 heavy (non-hydrogen) atoms. The fourth-order valence-corrected chi connectivity index (χ4v) is 5.77. The second-order valence-electron chi connectivity index (χ2n) is 10.0. The molecule has 0 amide bonds. The Morgan fingerprint density at radius 3 is 1.92 bits per heavy atom. The van der Waals surface area contributed by atoms with Gasteiger partial charge in [-0.25, -0.2) is 0 Å². The molecule has 1 saturated heterocycles. The monoisotopic (exact) mass is 512 g/mol. The number of pyridine rings is 1. The van der Waals surface area contributed by atoms with E-state index in [1.807, 2.05) is 35.1 Å². The van der Waals surface area contributed by atoms with Crippen LogP contribution in [0.5, 0.6) is 0 Å². The first-order valence-corrected chi connectivity index (χ1v) is 13.5. The van der Waals surface area contributed by atoms with Crippen molar-refractivity contribution < 1.29 is 5.11 Å². The van der Waals surface area contributed by atoms with Crippen LogP contribution in [0.1, 0.15) is 34.5 Å². The van der Waals surface area contributed by atoms with Gasteiger partial charge in [-0.3, -0.25) is 14.6 Å². The quantitative estimate of drug-likeness (QED) is 0.281. The van der Waals surface area contributed by atoms with E-state index in [0.29, 0.717) is 19.5 Å². The van der Waals surface area contributed by atoms with Crippen molar-refractivity contribution in [3.05, 3.63) is 161 Å². The van der Waals surface area contributed by atoms with E-state index in [1.54, 1.807) is 6.20 Å². The molecule has 1 aliphatic heterocycles. The van der Waals surface area contributed by atoms with Gasteiger partial charge in [0.25, 0.3) is 0 Å². The standard InChI is InChI=1S/C34H32N4O/c39-33-20-22-37(25-27(33)24-31-19-23-38(36-31)26-32-18-10-11-21-35-32)34(28-12-4-1-5-13-28,29-14-6-2-7-15-29)30-16-8-3-9-17-30/h1-19,21,23-24,33,39H,20,22,25-26H2/b27-24+. The van der Waals surface area contributed by atoms with Crippen LogP contribution in [0, 0.1) is 0 Å². The molecule has 1 N–H and O–H groups in total. The van der Waals surface area contributed by atoms with Gasteiger partial charge in [0, 0.05) is 25.5 Å². The van der Waals surface area contributed by atoms with Gasteiger partial charge in [0.05, 0.1) is 29.6 Å². The molecule has 5 nitrogen and oxygen atoms in total. The molecule has 5 heteroatoms. The molecule has 0 saturated carbocycles. The zero-order chi connectivity index (χ0) is 26.5. The average Bonchev–Trinajstić information content (AvgIpc) is 3.44. The van der Waals surface area contributed by atoms with E-state index in [0.717, 1.165) is 23.5 Å². The minimum absolute atomic E-state index is 0.512. The van der Waals surface area contributed by atoms with E-state index in [1.165, 1.54) is 16.7 Å². The molecule has 0 bridgehead atoms. The zero-order valence-electron chi connectivity index (χ0n) is 21.8. The maximum absolute atomic E-state index is 11.1. The van der Waals surface area contributed by atoms with Gasteiger partial charge in [-0.1, -0.05) is 97.1 Å². The van der Waals surface area contributed by atoms with Gasteiger partial charge >= 0.3 is 0 Å². The summed E-state index contributed by atoms with van der Waals surface area (Å²) in [7, 11) is 0. The van der Waals surface area contributed by atoms with Crippen LogP contribution >= 0.6 is 0 Å². The minimum atomic E-state index is -0.513. The molecule has 2 aromatic heterocycles. The number of rotatable bonds is 7. The lowest BCUT2D eigenvalue weighted by Crippen LogP contribution is -2.52. The number of nitrogens with zero attached hydrogens (tertiary/aromatic N) is 4. The molecule has 1 fully saturated rings. The Kier molecular flexibility index (Phi) is 7.17. The third-order valence-corrected chi connectivity index (χ3v) is 7.57. The number of aliphatic hydroxyl groups is 1. The summed E-state index contributed by atoms with van der Waals surface area (Å²) in [5.41, 5.74) is 5.87. The second-order valence-corrected chi connectivity index (χ2v) is 10.0. The smallest absolute Gasteiger partial charge is 0.0975 e. The molecule has 0 aliphatic carbocycles. The fourth-order valence-electron chi connectivity index (χ4n) is 5.77. The number of aliphatic hydroxyl groups excluding tert-OH is 1. The number of aromatic nitrogens is 3. The Hall–Kier alpha value is -4.32. The van der Waals surface area contributed by atoms with Gasteiger partial charge in [-0.2, -0.15) is 5.10 Å². The van der Waals surface area contributed by atoms with E-state index in [-0.39, 0.29) is 0 Å². The van der Waals surface area contributed by atoms with E-state index in [9.17, 15) is 5.11 Å². The molecule has 0 radical (unpaired) electrons. The topological polar surface area (TPSA) is 54.2 Å². The third kappa shape index (κ3) is 5.07. The SMILES string of the molecule is OC1CCN(C(c2ccccc2)(c2ccccc2)c2ccccc2)C/C1=C\c1ccn(Cc2ccccn2)n1. The predicted molar refractivity (Wildman–Crippen MR) is 155 cm³/mol. The van der Waals surface area contributed by atoms with Crippen molar-refractivity contribution in [2.45, 2.75) is 24.6 Å². The predicted octanol–water partition coefficient (Wildman–Crippen LogP) is 5.77. The summed E-state index contributed by atoms with van der Waals surface area (Å²) in [6.07, 6.45) is 5.96. The first-order chi connectivity index (χ1) is 19.2. The normalized spacial score (nSPS) is 17.4. The van der Waals surface area contributed by atoms with Gasteiger partial charge in [0.2, 0.25) is 0 Å². The summed E-state index contributed by atoms with van der Waals surface area (Å²) in [6.45, 7) is 1.98. The van der Waals surface area contributed by atoms with Crippen LogP contribution in [0.15, 0.2) is 133 Å². The number of likely N-dealkylation sites (tertiary alicyclic amines) is 1. The highest BCUT2D eigenvalue weighted by molar-refractivity contribution is 5.54. The van der Waals surface area contributed by atoms with Crippen molar-refractivity contribution in [1.29, 1.82) is 0 Å². The van der Waals surface area contributed by atoms with Crippen molar-refractivity contribution in [2.24, 2.45) is 0 Å². The Bertz CT molecular complexity index is 1420. The molecule has 1 aliphatic rings. The largest absolute Gasteiger partial charge is 0.389 e. The number of piperidine rings is 1. The van der Waals surface area contributed by atoms with E-state index < -0.39 is 11.6 Å². The zero-order valence-corrected chi connectivity index (χ0v) is 21.8. The first kappa shape index (κ1) is 25.0. The Labute approximate surface area is 229 Å². The lowest BCUT2D eigenvalue weighted by molar-refractivity contribution is 0.0871. The summed E-state index contributed by atoms with van der Waals surface area (Å²) in [4.78, 5) is 6.92. The highest BCUT2D eigenvalue weighted by atomic mass is 16.3. The third-order valence-electron chi connectivity index (χ3n) is 7.57. The first-order valence-electron chi connectivity index (χ1n) is 13.5. The van der Waals surface area contributed by atoms with Gasteiger partial charge in [0.15, 0.2) is 0 Å². The number of hydrogen-bond acceptors (Lipinski definition) is 4. The highest BCUT2D eigenvalue weighted by Gasteiger charge is 2.44. The average molecular weight is 513 g/mol. The van der Waals surface area contributed by atoms with Crippen molar-refractivity contribution >= 4 is 6.08 Å². The van der Waals surface area contributed by atoms with E-state index in [2.05, 4.69) is 107 Å². The number of benzene rings is 3. The van der Waals surface area contributed by atoms with Crippen molar-refractivity contribution in [3.63, 3.8) is 0 Å². The van der Waals surface area contributed by atoms with Crippen LogP contribution in [0.25, 0.3) is 6.08 Å². The summed E-state index contributed by atoms with van der Waals surface area (Å²) in [6, 6.07) is 40.1.